The molecule has 1 fully saturated rings. The second-order valence-electron chi connectivity index (χ2n) is 3.59. The molecule has 1 rings (SSSR count). The van der Waals surface area contributed by atoms with Crippen LogP contribution in [0.5, 0.6) is 0 Å². The molecule has 13 heavy (non-hydrogen) atoms. The Morgan fingerprint density at radius 2 is 2.00 bits per heavy atom. The molecule has 0 aromatic rings. The van der Waals surface area contributed by atoms with Gasteiger partial charge in [-0.1, -0.05) is 12.8 Å². The number of hydrogen-bond donors (Lipinski definition) is 1. The zero-order valence-corrected chi connectivity index (χ0v) is 8.42. The molecule has 0 atom stereocenters. The molecule has 2 heteroatoms. The number of likely N-dealkylation sites (tertiary alicyclic amines) is 1. The van der Waals surface area contributed by atoms with Crippen molar-refractivity contribution < 1.29 is 5.11 Å². The molecular weight excluding hydrogens is 162 g/mol. The SMILES string of the molecule is CCN1CCC(CC#CCO)CC1. The van der Waals surface area contributed by atoms with Gasteiger partial charge in [0.05, 0.1) is 0 Å². The molecule has 0 amide bonds. The first-order valence-electron chi connectivity index (χ1n) is 5.15. The third kappa shape index (κ3) is 3.80. The topological polar surface area (TPSA) is 23.5 Å². The van der Waals surface area contributed by atoms with E-state index in [2.05, 4.69) is 23.7 Å². The van der Waals surface area contributed by atoms with Crippen molar-refractivity contribution in [3.05, 3.63) is 0 Å². The summed E-state index contributed by atoms with van der Waals surface area (Å²) in [6.07, 6.45) is 3.51. The van der Waals surface area contributed by atoms with Gasteiger partial charge in [0.25, 0.3) is 0 Å². The van der Waals surface area contributed by atoms with Gasteiger partial charge in [0, 0.05) is 6.42 Å². The molecule has 0 aromatic carbocycles. The van der Waals surface area contributed by atoms with Crippen LogP contribution in [0.15, 0.2) is 0 Å². The molecule has 1 aliphatic rings. The minimum atomic E-state index is 0.00774. The van der Waals surface area contributed by atoms with E-state index in [-0.39, 0.29) is 6.61 Å². The van der Waals surface area contributed by atoms with Crippen molar-refractivity contribution in [3.8, 4) is 11.8 Å². The van der Waals surface area contributed by atoms with Gasteiger partial charge in [0.1, 0.15) is 6.61 Å². The van der Waals surface area contributed by atoms with Crippen LogP contribution in [0.25, 0.3) is 0 Å². The Kier molecular flexibility index (Phi) is 4.88. The smallest absolute Gasteiger partial charge is 0.104 e. The van der Waals surface area contributed by atoms with Gasteiger partial charge in [0.2, 0.25) is 0 Å². The molecule has 2 nitrogen and oxygen atoms in total. The average Bonchev–Trinajstić information content (AvgIpc) is 2.19. The van der Waals surface area contributed by atoms with E-state index in [1.54, 1.807) is 0 Å². The number of aliphatic hydroxyl groups is 1. The Morgan fingerprint density at radius 1 is 1.31 bits per heavy atom. The Morgan fingerprint density at radius 3 is 2.54 bits per heavy atom. The Labute approximate surface area is 80.9 Å². The quantitative estimate of drug-likeness (QED) is 0.645. The van der Waals surface area contributed by atoms with E-state index in [1.165, 1.54) is 32.5 Å². The van der Waals surface area contributed by atoms with Crippen molar-refractivity contribution in [2.45, 2.75) is 26.2 Å². The van der Waals surface area contributed by atoms with E-state index in [9.17, 15) is 0 Å². The van der Waals surface area contributed by atoms with E-state index in [1.807, 2.05) is 0 Å². The van der Waals surface area contributed by atoms with Crippen LogP contribution >= 0.6 is 0 Å². The highest BCUT2D eigenvalue weighted by Crippen LogP contribution is 2.19. The van der Waals surface area contributed by atoms with E-state index in [0.717, 1.165) is 12.3 Å². The maximum atomic E-state index is 8.49. The normalized spacial score (nSPS) is 19.5. The maximum absolute atomic E-state index is 8.49. The predicted molar refractivity (Wildman–Crippen MR) is 54.3 cm³/mol. The van der Waals surface area contributed by atoms with Crippen LogP contribution < -0.4 is 0 Å². The minimum absolute atomic E-state index is 0.00774. The number of piperidine rings is 1. The number of rotatable bonds is 2. The number of nitrogens with zero attached hydrogens (tertiary/aromatic N) is 1. The highest BCUT2D eigenvalue weighted by Gasteiger charge is 2.16. The zero-order valence-electron chi connectivity index (χ0n) is 8.42. The molecule has 0 saturated carbocycles. The molecule has 0 bridgehead atoms. The predicted octanol–water partition coefficient (Wildman–Crippen LogP) is 1.10. The first-order chi connectivity index (χ1) is 6.36. The minimum Gasteiger partial charge on any atom is -0.384 e. The molecule has 0 spiro atoms. The van der Waals surface area contributed by atoms with Gasteiger partial charge in [-0.25, -0.2) is 0 Å². The van der Waals surface area contributed by atoms with Crippen molar-refractivity contribution in [1.82, 2.24) is 4.90 Å². The molecule has 1 saturated heterocycles. The molecule has 0 radical (unpaired) electrons. The summed E-state index contributed by atoms with van der Waals surface area (Å²) in [4.78, 5) is 2.48. The van der Waals surface area contributed by atoms with E-state index in [4.69, 9.17) is 5.11 Å². The molecular formula is C11H19NO. The fraction of sp³-hybridized carbons (Fsp3) is 0.818. The van der Waals surface area contributed by atoms with Gasteiger partial charge < -0.3 is 10.0 Å². The van der Waals surface area contributed by atoms with Crippen molar-refractivity contribution in [2.24, 2.45) is 5.92 Å². The lowest BCUT2D eigenvalue weighted by Crippen LogP contribution is -2.33. The summed E-state index contributed by atoms with van der Waals surface area (Å²) in [5.74, 6) is 6.50. The molecule has 0 aliphatic carbocycles. The third-order valence-corrected chi connectivity index (χ3v) is 2.75. The largest absolute Gasteiger partial charge is 0.384 e. The zero-order chi connectivity index (χ0) is 9.52. The lowest BCUT2D eigenvalue weighted by molar-refractivity contribution is 0.194. The Hall–Kier alpha value is -0.520. The lowest BCUT2D eigenvalue weighted by Gasteiger charge is -2.29. The number of aliphatic hydroxyl groups excluding tert-OH is 1. The van der Waals surface area contributed by atoms with Crippen molar-refractivity contribution in [3.63, 3.8) is 0 Å². The van der Waals surface area contributed by atoms with Crippen LogP contribution in [0.1, 0.15) is 26.2 Å². The summed E-state index contributed by atoms with van der Waals surface area (Å²) in [7, 11) is 0. The second-order valence-corrected chi connectivity index (χ2v) is 3.59. The summed E-state index contributed by atoms with van der Waals surface area (Å²) < 4.78 is 0. The lowest BCUT2D eigenvalue weighted by atomic mass is 9.94. The van der Waals surface area contributed by atoms with Gasteiger partial charge in [-0.2, -0.15) is 0 Å². The van der Waals surface area contributed by atoms with Crippen LogP contribution in [0.2, 0.25) is 0 Å². The standard InChI is InChI=1S/C11H19NO/c1-2-12-8-6-11(7-9-12)5-3-4-10-13/h11,13H,2,5-10H2,1H3. The molecule has 1 aliphatic heterocycles. The van der Waals surface area contributed by atoms with E-state index < -0.39 is 0 Å². The van der Waals surface area contributed by atoms with Crippen LogP contribution in [-0.2, 0) is 0 Å². The average molecular weight is 181 g/mol. The Bertz CT molecular complexity index is 184. The first-order valence-corrected chi connectivity index (χ1v) is 5.15. The highest BCUT2D eigenvalue weighted by atomic mass is 16.2. The highest BCUT2D eigenvalue weighted by molar-refractivity contribution is 5.00. The summed E-state index contributed by atoms with van der Waals surface area (Å²) in [6.45, 7) is 5.85. The second kappa shape index (κ2) is 6.01. The molecule has 0 aromatic heterocycles. The summed E-state index contributed by atoms with van der Waals surface area (Å²) in [5, 5.41) is 8.49. The molecule has 0 unspecified atom stereocenters. The molecule has 1 N–H and O–H groups in total. The van der Waals surface area contributed by atoms with Gasteiger partial charge in [-0.3, -0.25) is 0 Å². The van der Waals surface area contributed by atoms with Crippen molar-refractivity contribution in [1.29, 1.82) is 0 Å². The summed E-state index contributed by atoms with van der Waals surface area (Å²) in [5.41, 5.74) is 0. The van der Waals surface area contributed by atoms with Crippen LogP contribution in [0, 0.1) is 17.8 Å². The van der Waals surface area contributed by atoms with Gasteiger partial charge in [-0.05, 0) is 38.4 Å². The van der Waals surface area contributed by atoms with E-state index >= 15 is 0 Å². The summed E-state index contributed by atoms with van der Waals surface area (Å²) in [6, 6.07) is 0. The monoisotopic (exact) mass is 181 g/mol. The van der Waals surface area contributed by atoms with Crippen LogP contribution in [0.3, 0.4) is 0 Å². The summed E-state index contributed by atoms with van der Waals surface area (Å²) >= 11 is 0. The maximum Gasteiger partial charge on any atom is 0.104 e. The number of hydrogen-bond acceptors (Lipinski definition) is 2. The Balaban J connectivity index is 2.17. The van der Waals surface area contributed by atoms with Gasteiger partial charge in [0.15, 0.2) is 0 Å². The van der Waals surface area contributed by atoms with Crippen molar-refractivity contribution in [2.75, 3.05) is 26.2 Å². The third-order valence-electron chi connectivity index (χ3n) is 2.75. The van der Waals surface area contributed by atoms with Crippen molar-refractivity contribution >= 4 is 0 Å². The van der Waals surface area contributed by atoms with Gasteiger partial charge in [-0.15, -0.1) is 5.92 Å². The molecule has 74 valence electrons. The van der Waals surface area contributed by atoms with Crippen LogP contribution in [0.4, 0.5) is 0 Å². The first kappa shape index (κ1) is 10.6. The van der Waals surface area contributed by atoms with E-state index in [0.29, 0.717) is 0 Å². The van der Waals surface area contributed by atoms with Gasteiger partial charge >= 0.3 is 0 Å². The van der Waals surface area contributed by atoms with Crippen LogP contribution in [-0.4, -0.2) is 36.2 Å². The molecule has 1 heterocycles. The fourth-order valence-corrected chi connectivity index (χ4v) is 1.78. The fourth-order valence-electron chi connectivity index (χ4n) is 1.78.